The summed E-state index contributed by atoms with van der Waals surface area (Å²) in [6.07, 6.45) is 1.10. The second-order valence-corrected chi connectivity index (χ2v) is 6.23. The summed E-state index contributed by atoms with van der Waals surface area (Å²) in [5.74, 6) is 2.40. The molecular formula is C12H20N2OS2. The molecule has 0 aromatic carbocycles. The van der Waals surface area contributed by atoms with Crippen molar-refractivity contribution < 1.29 is 4.79 Å². The Labute approximate surface area is 112 Å². The lowest BCUT2D eigenvalue weighted by molar-refractivity contribution is 0.101. The second-order valence-electron chi connectivity index (χ2n) is 4.06. The molecule has 0 saturated carbocycles. The average molecular weight is 272 g/mol. The van der Waals surface area contributed by atoms with Crippen molar-refractivity contribution in [2.24, 2.45) is 0 Å². The van der Waals surface area contributed by atoms with Crippen molar-refractivity contribution in [2.75, 3.05) is 16.8 Å². The molecule has 1 unspecified atom stereocenters. The van der Waals surface area contributed by atoms with Crippen molar-refractivity contribution in [1.29, 1.82) is 0 Å². The van der Waals surface area contributed by atoms with E-state index in [1.807, 2.05) is 18.7 Å². The summed E-state index contributed by atoms with van der Waals surface area (Å²) in [7, 11) is 0. The molecule has 3 nitrogen and oxygen atoms in total. The molecule has 1 heterocycles. The van der Waals surface area contributed by atoms with E-state index in [4.69, 9.17) is 0 Å². The number of ketones is 1. The minimum Gasteiger partial charge on any atom is -0.373 e. The zero-order valence-corrected chi connectivity index (χ0v) is 12.5. The van der Waals surface area contributed by atoms with Gasteiger partial charge in [0.25, 0.3) is 0 Å². The first-order valence-electron chi connectivity index (χ1n) is 5.87. The number of nitrogens with zero attached hydrogens (tertiary/aromatic N) is 1. The zero-order valence-electron chi connectivity index (χ0n) is 10.9. The molecule has 0 aliphatic heterocycles. The number of nitrogens with one attached hydrogen (secondary N) is 1. The van der Waals surface area contributed by atoms with Crippen LogP contribution < -0.4 is 5.32 Å². The number of anilines is 1. The van der Waals surface area contributed by atoms with Crippen LogP contribution in [0.2, 0.25) is 0 Å². The molecular weight excluding hydrogens is 252 g/mol. The van der Waals surface area contributed by atoms with Crippen LogP contribution in [0.25, 0.3) is 0 Å². The number of aromatic nitrogens is 1. The van der Waals surface area contributed by atoms with Crippen molar-refractivity contribution in [1.82, 2.24) is 4.37 Å². The smallest absolute Gasteiger partial charge is 0.164 e. The number of carbonyl (C=O) groups excluding carboxylic acids is 1. The summed E-state index contributed by atoms with van der Waals surface area (Å²) in [5, 5.41) is 4.31. The summed E-state index contributed by atoms with van der Waals surface area (Å²) in [6.45, 7) is 7.80. The molecule has 0 fully saturated rings. The fraction of sp³-hybridized carbons (Fsp3) is 0.667. The number of Topliss-reactive ketones (excluding diaryl/α,β-unsaturated/α-hetero) is 1. The Balaban J connectivity index is 2.59. The highest BCUT2D eigenvalue weighted by molar-refractivity contribution is 7.99. The monoisotopic (exact) mass is 272 g/mol. The Kier molecular flexibility index (Phi) is 5.98. The predicted molar refractivity (Wildman–Crippen MR) is 77.6 cm³/mol. The van der Waals surface area contributed by atoms with E-state index in [9.17, 15) is 4.79 Å². The molecule has 96 valence electrons. The van der Waals surface area contributed by atoms with E-state index in [2.05, 4.69) is 23.5 Å². The number of thioether (sulfide) groups is 1. The Morgan fingerprint density at radius 1 is 1.59 bits per heavy atom. The Morgan fingerprint density at radius 3 is 2.88 bits per heavy atom. The van der Waals surface area contributed by atoms with E-state index in [0.717, 1.165) is 34.2 Å². The van der Waals surface area contributed by atoms with Crippen LogP contribution in [-0.4, -0.2) is 27.7 Å². The number of carbonyl (C=O) groups is 1. The summed E-state index contributed by atoms with van der Waals surface area (Å²) in [5.41, 5.74) is 1.59. The van der Waals surface area contributed by atoms with Gasteiger partial charge in [0.2, 0.25) is 0 Å². The third-order valence-electron chi connectivity index (χ3n) is 2.49. The van der Waals surface area contributed by atoms with Crippen LogP contribution in [0.3, 0.4) is 0 Å². The molecule has 0 aliphatic carbocycles. The van der Waals surface area contributed by atoms with Crippen molar-refractivity contribution in [3.63, 3.8) is 0 Å². The van der Waals surface area contributed by atoms with Gasteiger partial charge >= 0.3 is 0 Å². The van der Waals surface area contributed by atoms with Crippen molar-refractivity contribution in [3.8, 4) is 0 Å². The highest BCUT2D eigenvalue weighted by Gasteiger charge is 2.16. The van der Waals surface area contributed by atoms with E-state index < -0.39 is 0 Å². The molecule has 0 aliphatic rings. The molecule has 0 amide bonds. The summed E-state index contributed by atoms with van der Waals surface area (Å²) in [4.78, 5) is 11.5. The standard InChI is InChI=1S/C12H20N2OS2/c1-5-16-7-6-8(2)13-12-11(10(4)15)9(3)14-17-12/h8,13H,5-7H2,1-4H3. The largest absolute Gasteiger partial charge is 0.373 e. The average Bonchev–Trinajstić information content (AvgIpc) is 2.60. The van der Waals surface area contributed by atoms with E-state index in [-0.39, 0.29) is 5.78 Å². The van der Waals surface area contributed by atoms with Gasteiger partial charge in [0.05, 0.1) is 11.3 Å². The minimum absolute atomic E-state index is 0.0916. The normalized spacial score (nSPS) is 12.5. The van der Waals surface area contributed by atoms with Gasteiger partial charge in [0.15, 0.2) is 5.78 Å². The lowest BCUT2D eigenvalue weighted by Gasteiger charge is -2.13. The molecule has 1 N–H and O–H groups in total. The maximum Gasteiger partial charge on any atom is 0.164 e. The fourth-order valence-electron chi connectivity index (χ4n) is 1.58. The fourth-order valence-corrected chi connectivity index (χ4v) is 3.35. The molecule has 17 heavy (non-hydrogen) atoms. The van der Waals surface area contributed by atoms with Crippen LogP contribution in [-0.2, 0) is 0 Å². The maximum atomic E-state index is 11.5. The van der Waals surface area contributed by atoms with Crippen LogP contribution >= 0.6 is 23.3 Å². The molecule has 5 heteroatoms. The van der Waals surface area contributed by atoms with Crippen LogP contribution in [0.15, 0.2) is 0 Å². The second kappa shape index (κ2) is 7.01. The van der Waals surface area contributed by atoms with E-state index in [1.54, 1.807) is 6.92 Å². The van der Waals surface area contributed by atoms with E-state index in [0.29, 0.717) is 6.04 Å². The lowest BCUT2D eigenvalue weighted by Crippen LogP contribution is -2.16. The van der Waals surface area contributed by atoms with Gasteiger partial charge in [-0.2, -0.15) is 16.1 Å². The quantitative estimate of drug-likeness (QED) is 0.608. The first kappa shape index (κ1) is 14.5. The summed E-state index contributed by atoms with van der Waals surface area (Å²) in [6, 6.07) is 0.381. The van der Waals surface area contributed by atoms with Gasteiger partial charge in [-0.3, -0.25) is 4.79 Å². The number of hydrogen-bond donors (Lipinski definition) is 1. The number of aryl methyl sites for hydroxylation is 1. The Bertz CT molecular complexity index is 377. The van der Waals surface area contributed by atoms with Crippen molar-refractivity contribution in [2.45, 2.75) is 40.2 Å². The minimum atomic E-state index is 0.0916. The number of rotatable bonds is 7. The maximum absolute atomic E-state index is 11.5. The third-order valence-corrected chi connectivity index (χ3v) is 4.29. The number of hydrogen-bond acceptors (Lipinski definition) is 5. The van der Waals surface area contributed by atoms with Crippen LogP contribution in [0.4, 0.5) is 5.00 Å². The lowest BCUT2D eigenvalue weighted by atomic mass is 10.1. The first-order chi connectivity index (χ1) is 8.06. The van der Waals surface area contributed by atoms with Crippen LogP contribution in [0.5, 0.6) is 0 Å². The highest BCUT2D eigenvalue weighted by atomic mass is 32.2. The van der Waals surface area contributed by atoms with Gasteiger partial charge in [-0.05, 0) is 50.2 Å². The molecule has 0 saturated heterocycles. The van der Waals surface area contributed by atoms with E-state index in [1.165, 1.54) is 11.5 Å². The molecule has 1 aromatic heterocycles. The molecule has 1 rings (SSSR count). The van der Waals surface area contributed by atoms with Crippen molar-refractivity contribution >= 4 is 34.1 Å². The topological polar surface area (TPSA) is 42.0 Å². The molecule has 0 spiro atoms. The SMILES string of the molecule is CCSCCC(C)Nc1snc(C)c1C(C)=O. The Morgan fingerprint density at radius 2 is 2.29 bits per heavy atom. The first-order valence-corrected chi connectivity index (χ1v) is 7.80. The zero-order chi connectivity index (χ0) is 12.8. The molecule has 0 bridgehead atoms. The summed E-state index contributed by atoms with van der Waals surface area (Å²) >= 11 is 3.33. The Hall–Kier alpha value is -0.550. The molecule has 0 radical (unpaired) electrons. The third kappa shape index (κ3) is 4.32. The predicted octanol–water partition coefficient (Wildman–Crippen LogP) is 3.60. The van der Waals surface area contributed by atoms with Crippen LogP contribution in [0, 0.1) is 6.92 Å². The van der Waals surface area contributed by atoms with Gasteiger partial charge in [-0.15, -0.1) is 0 Å². The molecule has 1 atom stereocenters. The summed E-state index contributed by atoms with van der Waals surface area (Å²) < 4.78 is 4.24. The van der Waals surface area contributed by atoms with Crippen LogP contribution in [0.1, 0.15) is 43.2 Å². The molecule has 1 aromatic rings. The van der Waals surface area contributed by atoms with Crippen molar-refractivity contribution in [3.05, 3.63) is 11.3 Å². The van der Waals surface area contributed by atoms with E-state index >= 15 is 0 Å². The van der Waals surface area contributed by atoms with Gasteiger partial charge < -0.3 is 5.32 Å². The van der Waals surface area contributed by atoms with Gasteiger partial charge in [0.1, 0.15) is 5.00 Å². The van der Waals surface area contributed by atoms with Gasteiger partial charge in [-0.25, -0.2) is 0 Å². The highest BCUT2D eigenvalue weighted by Crippen LogP contribution is 2.26. The van der Waals surface area contributed by atoms with Gasteiger partial charge in [0, 0.05) is 6.04 Å². The van der Waals surface area contributed by atoms with Gasteiger partial charge in [-0.1, -0.05) is 6.92 Å².